The molecule has 0 aliphatic rings. The van der Waals surface area contributed by atoms with Crippen LogP contribution in [-0.4, -0.2) is 28.7 Å². The van der Waals surface area contributed by atoms with Gasteiger partial charge in [-0.25, -0.2) is 4.57 Å². The van der Waals surface area contributed by atoms with Crippen molar-refractivity contribution in [2.45, 2.75) is 85.6 Å². The molecule has 5 nitrogen and oxygen atoms in total. The normalized spacial score (nSPS) is 21.6. The van der Waals surface area contributed by atoms with E-state index in [1.807, 2.05) is 48.5 Å². The Morgan fingerprint density at radius 3 is 2.05 bits per heavy atom. The van der Waals surface area contributed by atoms with Gasteiger partial charge in [-0.1, -0.05) is 34.6 Å². The zero-order valence-corrected chi connectivity index (χ0v) is 15.0. The number of hydrogen-bond acceptors (Lipinski definition) is 4. The molecule has 0 fully saturated rings. The minimum Gasteiger partial charge on any atom is -0.309 e. The van der Waals surface area contributed by atoms with E-state index in [-0.39, 0.29) is 18.0 Å². The molecule has 0 spiro atoms. The lowest BCUT2D eigenvalue weighted by molar-refractivity contribution is -0.0136. The van der Waals surface area contributed by atoms with Crippen LogP contribution < -0.4 is 5.32 Å². The molecular formula is C14H32NO4P. The minimum absolute atomic E-state index is 0.0361. The van der Waals surface area contributed by atoms with E-state index in [4.69, 9.17) is 9.05 Å². The summed E-state index contributed by atoms with van der Waals surface area (Å²) in [4.78, 5) is 9.97. The Kier molecular flexibility index (Phi) is 7.93. The zero-order chi connectivity index (χ0) is 16.1. The Labute approximate surface area is 124 Å². The fraction of sp³-hybridized carbons (Fsp3) is 1.00. The van der Waals surface area contributed by atoms with Crippen molar-refractivity contribution < 1.29 is 18.5 Å². The molecule has 0 aromatic rings. The molecule has 0 radical (unpaired) electrons. The van der Waals surface area contributed by atoms with Gasteiger partial charge >= 0.3 is 7.82 Å². The third-order valence-corrected chi connectivity index (χ3v) is 5.09. The molecule has 4 unspecified atom stereocenters. The van der Waals surface area contributed by atoms with Gasteiger partial charge in [0.2, 0.25) is 0 Å². The second kappa shape index (κ2) is 7.90. The topological polar surface area (TPSA) is 67.8 Å². The summed E-state index contributed by atoms with van der Waals surface area (Å²) >= 11 is 0. The second-order valence-corrected chi connectivity index (χ2v) is 7.63. The minimum atomic E-state index is -4.08. The van der Waals surface area contributed by atoms with Gasteiger partial charge in [-0.3, -0.25) is 9.05 Å². The van der Waals surface area contributed by atoms with Crippen LogP contribution in [0.1, 0.15) is 61.8 Å². The molecule has 0 bridgehead atoms. The molecule has 0 rings (SSSR count). The third-order valence-electron chi connectivity index (χ3n) is 3.85. The highest BCUT2D eigenvalue weighted by atomic mass is 31.2. The van der Waals surface area contributed by atoms with Crippen molar-refractivity contribution in [2.75, 3.05) is 0 Å². The van der Waals surface area contributed by atoms with Gasteiger partial charge in [-0.15, -0.1) is 0 Å². The second-order valence-electron chi connectivity index (χ2n) is 6.30. The van der Waals surface area contributed by atoms with Crippen LogP contribution in [0, 0.1) is 5.92 Å². The van der Waals surface area contributed by atoms with E-state index in [1.54, 1.807) is 6.92 Å². The van der Waals surface area contributed by atoms with E-state index in [9.17, 15) is 9.46 Å². The molecule has 0 saturated carbocycles. The van der Waals surface area contributed by atoms with Crippen LogP contribution >= 0.6 is 7.82 Å². The molecule has 4 atom stereocenters. The molecule has 2 N–H and O–H groups in total. The van der Waals surface area contributed by atoms with Crippen molar-refractivity contribution in [3.63, 3.8) is 0 Å². The fourth-order valence-electron chi connectivity index (χ4n) is 1.83. The molecule has 0 aliphatic carbocycles. The van der Waals surface area contributed by atoms with Crippen molar-refractivity contribution in [1.82, 2.24) is 5.32 Å². The highest BCUT2D eigenvalue weighted by molar-refractivity contribution is 7.47. The van der Waals surface area contributed by atoms with Crippen LogP contribution in [0.2, 0.25) is 0 Å². The molecule has 0 amide bonds. The number of hydrogen-bond donors (Lipinski definition) is 2. The average molecular weight is 309 g/mol. The van der Waals surface area contributed by atoms with Crippen LogP contribution in [-0.2, 0) is 13.6 Å². The van der Waals surface area contributed by atoms with Gasteiger partial charge in [-0.05, 0) is 33.1 Å². The molecule has 6 heteroatoms. The van der Waals surface area contributed by atoms with Gasteiger partial charge in [-0.2, -0.15) is 0 Å². The van der Waals surface area contributed by atoms with Gasteiger partial charge in [0.25, 0.3) is 0 Å². The molecular weight excluding hydrogens is 277 g/mol. The molecule has 0 aliphatic heterocycles. The molecule has 0 aromatic heterocycles. The predicted molar refractivity (Wildman–Crippen MR) is 82.7 cm³/mol. The first kappa shape index (κ1) is 20.1. The summed E-state index contributed by atoms with van der Waals surface area (Å²) in [6, 6.07) is 0.248. The summed E-state index contributed by atoms with van der Waals surface area (Å²) in [5.74, 6) is 0.123. The molecule has 0 heterocycles. The van der Waals surface area contributed by atoms with Crippen LogP contribution in [0.5, 0.6) is 0 Å². The van der Waals surface area contributed by atoms with Crippen molar-refractivity contribution in [3.05, 3.63) is 0 Å². The third kappa shape index (κ3) is 6.68. The van der Waals surface area contributed by atoms with Crippen molar-refractivity contribution in [2.24, 2.45) is 5.92 Å². The Morgan fingerprint density at radius 2 is 1.70 bits per heavy atom. The Morgan fingerprint density at radius 1 is 1.20 bits per heavy atom. The van der Waals surface area contributed by atoms with E-state index in [0.29, 0.717) is 6.42 Å². The monoisotopic (exact) mass is 309 g/mol. The highest BCUT2D eigenvalue weighted by Crippen LogP contribution is 2.51. The summed E-state index contributed by atoms with van der Waals surface area (Å²) in [6.45, 7) is 15.4. The van der Waals surface area contributed by atoms with Crippen molar-refractivity contribution >= 4 is 7.82 Å². The number of rotatable bonds is 9. The lowest BCUT2D eigenvalue weighted by Gasteiger charge is -2.35. The Balaban J connectivity index is 4.70. The standard InChI is InChI=1S/C14H32NO4P/c1-9-14(8,10(2)3)19-20(16,17)18-13(7)12(6)15-11(4)5/h10-13,15H,9H2,1-8H3,(H,16,17). The van der Waals surface area contributed by atoms with E-state index < -0.39 is 19.5 Å². The number of phosphoric acid groups is 1. The van der Waals surface area contributed by atoms with E-state index in [2.05, 4.69) is 5.32 Å². The Bertz CT molecular complexity index is 335. The maximum atomic E-state index is 12.2. The van der Waals surface area contributed by atoms with Crippen LogP contribution in [0.4, 0.5) is 0 Å². The van der Waals surface area contributed by atoms with E-state index in [0.717, 1.165) is 0 Å². The van der Waals surface area contributed by atoms with Crippen LogP contribution in [0.25, 0.3) is 0 Å². The molecule has 20 heavy (non-hydrogen) atoms. The first-order valence-corrected chi connectivity index (χ1v) is 8.91. The van der Waals surface area contributed by atoms with Gasteiger partial charge in [0.1, 0.15) is 0 Å². The van der Waals surface area contributed by atoms with Crippen molar-refractivity contribution in [3.8, 4) is 0 Å². The lowest BCUT2D eigenvalue weighted by atomic mass is 9.90. The van der Waals surface area contributed by atoms with Crippen LogP contribution in [0.3, 0.4) is 0 Å². The summed E-state index contributed by atoms with van der Waals surface area (Å²) in [7, 11) is -4.08. The summed E-state index contributed by atoms with van der Waals surface area (Å²) in [6.07, 6.45) is 0.230. The first-order valence-electron chi connectivity index (χ1n) is 7.41. The molecule has 0 aromatic carbocycles. The van der Waals surface area contributed by atoms with Crippen molar-refractivity contribution in [1.29, 1.82) is 0 Å². The van der Waals surface area contributed by atoms with E-state index in [1.165, 1.54) is 0 Å². The summed E-state index contributed by atoms with van der Waals surface area (Å²) in [5.41, 5.74) is -0.668. The van der Waals surface area contributed by atoms with Gasteiger partial charge in [0.15, 0.2) is 0 Å². The van der Waals surface area contributed by atoms with Gasteiger partial charge in [0.05, 0.1) is 11.7 Å². The summed E-state index contributed by atoms with van der Waals surface area (Å²) in [5, 5.41) is 3.25. The van der Waals surface area contributed by atoms with Gasteiger partial charge < -0.3 is 10.2 Å². The first-order chi connectivity index (χ1) is 8.93. The lowest BCUT2D eigenvalue weighted by Crippen LogP contribution is -2.41. The SMILES string of the molecule is CCC(C)(OP(=O)(O)OC(C)C(C)NC(C)C)C(C)C. The summed E-state index contributed by atoms with van der Waals surface area (Å²) < 4.78 is 22.9. The molecule has 122 valence electrons. The maximum absolute atomic E-state index is 12.2. The maximum Gasteiger partial charge on any atom is 0.473 e. The van der Waals surface area contributed by atoms with E-state index >= 15 is 0 Å². The number of phosphoric ester groups is 1. The smallest absolute Gasteiger partial charge is 0.309 e. The highest BCUT2D eigenvalue weighted by Gasteiger charge is 2.38. The predicted octanol–water partition coefficient (Wildman–Crippen LogP) is 3.72. The zero-order valence-electron chi connectivity index (χ0n) is 14.1. The van der Waals surface area contributed by atoms with Gasteiger partial charge in [0, 0.05) is 12.1 Å². The fourth-order valence-corrected chi connectivity index (χ4v) is 3.34. The quantitative estimate of drug-likeness (QED) is 0.635. The number of nitrogens with one attached hydrogen (secondary N) is 1. The largest absolute Gasteiger partial charge is 0.473 e. The Hall–Kier alpha value is 0.0700. The molecule has 0 saturated heterocycles. The van der Waals surface area contributed by atoms with Crippen LogP contribution in [0.15, 0.2) is 0 Å². The average Bonchev–Trinajstić information content (AvgIpc) is 2.26.